The zero-order valence-electron chi connectivity index (χ0n) is 20.0. The summed E-state index contributed by atoms with van der Waals surface area (Å²) in [5.74, 6) is 2.85. The minimum atomic E-state index is -0.127. The number of fused-ring (bicyclic) bond motifs is 4. The third-order valence-corrected chi connectivity index (χ3v) is 11.1. The zero-order chi connectivity index (χ0) is 22.2. The van der Waals surface area contributed by atoms with Gasteiger partial charge in [0.15, 0.2) is 0 Å². The lowest BCUT2D eigenvalue weighted by Gasteiger charge is -2.67. The summed E-state index contributed by atoms with van der Waals surface area (Å²) in [4.78, 5) is 3.41. The first-order valence-electron chi connectivity index (χ1n) is 12.6. The molecule has 3 nitrogen and oxygen atoms in total. The third-order valence-electron chi connectivity index (χ3n) is 11.1. The predicted octanol–water partition coefficient (Wildman–Crippen LogP) is 6.68. The molecule has 3 aliphatic rings. The van der Waals surface area contributed by atoms with Crippen molar-refractivity contribution in [2.75, 3.05) is 0 Å². The highest BCUT2D eigenvalue weighted by molar-refractivity contribution is 5.84. The summed E-state index contributed by atoms with van der Waals surface area (Å²) in [6.07, 6.45) is 10.5. The second-order valence-corrected chi connectivity index (χ2v) is 12.3. The molecule has 0 amide bonds. The van der Waals surface area contributed by atoms with E-state index in [1.165, 1.54) is 43.1 Å². The van der Waals surface area contributed by atoms with Crippen LogP contribution in [0.25, 0.3) is 10.9 Å². The van der Waals surface area contributed by atoms with E-state index in [0.717, 1.165) is 18.4 Å². The van der Waals surface area contributed by atoms with Gasteiger partial charge in [0.2, 0.25) is 0 Å². The molecule has 170 valence electrons. The second kappa shape index (κ2) is 7.01. The number of hydrogen-bond acceptors (Lipinski definition) is 2. The number of aromatic hydroxyl groups is 1. The first-order chi connectivity index (χ1) is 14.6. The minimum absolute atomic E-state index is 0.127. The fourth-order valence-corrected chi connectivity index (χ4v) is 8.85. The summed E-state index contributed by atoms with van der Waals surface area (Å²) in [7, 11) is 0. The van der Waals surface area contributed by atoms with Crippen LogP contribution in [-0.4, -0.2) is 21.3 Å². The summed E-state index contributed by atoms with van der Waals surface area (Å²) in [5.41, 5.74) is 3.32. The SMILES string of the molecule is C[C@@H]1CC[C@@]2(C)[C@H]3CC[C@H](O)[C@H](C)[C@]3(C)CC[C@@H]2[C@@]1(C)Cc1c[nH]c2cc(O)ccc12. The largest absolute Gasteiger partial charge is 0.508 e. The van der Waals surface area contributed by atoms with Crippen LogP contribution in [0.3, 0.4) is 0 Å². The van der Waals surface area contributed by atoms with Gasteiger partial charge in [0.1, 0.15) is 5.75 Å². The summed E-state index contributed by atoms with van der Waals surface area (Å²) in [6.45, 7) is 12.5. The minimum Gasteiger partial charge on any atom is -0.508 e. The van der Waals surface area contributed by atoms with E-state index in [-0.39, 0.29) is 16.9 Å². The highest BCUT2D eigenvalue weighted by Crippen LogP contribution is 2.69. The van der Waals surface area contributed by atoms with E-state index in [0.29, 0.717) is 34.8 Å². The van der Waals surface area contributed by atoms with Crippen LogP contribution in [0.2, 0.25) is 0 Å². The van der Waals surface area contributed by atoms with Crippen LogP contribution in [0.5, 0.6) is 5.75 Å². The van der Waals surface area contributed by atoms with Gasteiger partial charge >= 0.3 is 0 Å². The average Bonchev–Trinajstić information content (AvgIpc) is 3.10. The fourth-order valence-electron chi connectivity index (χ4n) is 8.85. The number of benzene rings is 1. The lowest BCUT2D eigenvalue weighted by atomic mass is 9.37. The Morgan fingerprint density at radius 3 is 2.48 bits per heavy atom. The molecule has 1 heterocycles. The number of rotatable bonds is 2. The Labute approximate surface area is 187 Å². The molecule has 1 aromatic carbocycles. The molecule has 0 spiro atoms. The second-order valence-electron chi connectivity index (χ2n) is 12.3. The summed E-state index contributed by atoms with van der Waals surface area (Å²) >= 11 is 0. The van der Waals surface area contributed by atoms with Crippen LogP contribution in [0.1, 0.15) is 78.7 Å². The molecule has 3 saturated carbocycles. The van der Waals surface area contributed by atoms with Crippen LogP contribution in [-0.2, 0) is 6.42 Å². The standard InChI is InChI=1S/C28H41NO2/c1-17-10-12-27(4)24-9-8-23(31)18(2)26(24,3)13-11-25(27)28(17,5)15-19-16-29-22-14-20(30)6-7-21(19)22/h6-7,14,16-18,23-25,29-31H,8-13,15H2,1-5H3/t17-,18+,23+,24+,25+,26+,27+,28+/m1/s1. The van der Waals surface area contributed by atoms with Crippen molar-refractivity contribution >= 4 is 10.9 Å². The van der Waals surface area contributed by atoms with Gasteiger partial charge in [-0.05, 0) is 103 Å². The molecule has 0 aliphatic heterocycles. The Balaban J connectivity index is 1.52. The average molecular weight is 424 g/mol. The van der Waals surface area contributed by atoms with Crippen LogP contribution in [0.4, 0.5) is 0 Å². The molecule has 2 aromatic rings. The molecular formula is C28H41NO2. The van der Waals surface area contributed by atoms with Crippen LogP contribution < -0.4 is 0 Å². The molecule has 8 atom stereocenters. The first kappa shape index (κ1) is 21.4. The first-order valence-corrected chi connectivity index (χ1v) is 12.6. The van der Waals surface area contributed by atoms with Crippen LogP contribution in [0, 0.1) is 39.9 Å². The molecule has 31 heavy (non-hydrogen) atoms. The number of aliphatic hydroxyl groups is 1. The van der Waals surface area contributed by atoms with Gasteiger partial charge in [0, 0.05) is 23.2 Å². The van der Waals surface area contributed by atoms with Crippen molar-refractivity contribution in [2.45, 2.75) is 85.7 Å². The maximum Gasteiger partial charge on any atom is 0.117 e. The van der Waals surface area contributed by atoms with Crippen molar-refractivity contribution in [2.24, 2.45) is 39.9 Å². The maximum absolute atomic E-state index is 10.7. The van der Waals surface area contributed by atoms with E-state index in [9.17, 15) is 10.2 Å². The molecular weight excluding hydrogens is 382 g/mol. The molecule has 3 aliphatic carbocycles. The maximum atomic E-state index is 10.7. The van der Waals surface area contributed by atoms with E-state index in [4.69, 9.17) is 0 Å². The number of aliphatic hydroxyl groups excluding tert-OH is 1. The van der Waals surface area contributed by atoms with Crippen LogP contribution in [0.15, 0.2) is 24.4 Å². The van der Waals surface area contributed by atoms with Gasteiger partial charge in [-0.15, -0.1) is 0 Å². The van der Waals surface area contributed by atoms with Crippen molar-refractivity contribution < 1.29 is 10.2 Å². The van der Waals surface area contributed by atoms with E-state index < -0.39 is 0 Å². The lowest BCUT2D eigenvalue weighted by molar-refractivity contribution is -0.195. The molecule has 0 unspecified atom stereocenters. The van der Waals surface area contributed by atoms with E-state index in [2.05, 4.69) is 51.9 Å². The molecule has 0 bridgehead atoms. The third kappa shape index (κ3) is 2.95. The number of aromatic amines is 1. The number of phenols is 1. The number of nitrogens with one attached hydrogen (secondary N) is 1. The predicted molar refractivity (Wildman–Crippen MR) is 127 cm³/mol. The van der Waals surface area contributed by atoms with Gasteiger partial charge in [0.05, 0.1) is 6.10 Å². The Morgan fingerprint density at radius 1 is 0.968 bits per heavy atom. The van der Waals surface area contributed by atoms with E-state index >= 15 is 0 Å². The summed E-state index contributed by atoms with van der Waals surface area (Å²) in [6, 6.07) is 5.74. The molecule has 5 rings (SSSR count). The number of phenolic OH excluding ortho intramolecular Hbond substituents is 1. The highest BCUT2D eigenvalue weighted by Gasteiger charge is 2.63. The number of aromatic nitrogens is 1. The van der Waals surface area contributed by atoms with Crippen molar-refractivity contribution in [1.29, 1.82) is 0 Å². The monoisotopic (exact) mass is 423 g/mol. The quantitative estimate of drug-likeness (QED) is 0.504. The normalized spacial score (nSPS) is 45.3. The molecule has 3 heteroatoms. The van der Waals surface area contributed by atoms with Crippen molar-refractivity contribution in [3.63, 3.8) is 0 Å². The van der Waals surface area contributed by atoms with Gasteiger partial charge in [0.25, 0.3) is 0 Å². The van der Waals surface area contributed by atoms with Gasteiger partial charge in [-0.2, -0.15) is 0 Å². The van der Waals surface area contributed by atoms with Gasteiger partial charge in [-0.3, -0.25) is 0 Å². The van der Waals surface area contributed by atoms with Crippen LogP contribution >= 0.6 is 0 Å². The molecule has 3 N–H and O–H groups in total. The Morgan fingerprint density at radius 2 is 1.71 bits per heavy atom. The van der Waals surface area contributed by atoms with E-state index in [1.54, 1.807) is 0 Å². The highest BCUT2D eigenvalue weighted by atomic mass is 16.3. The Bertz CT molecular complexity index is 981. The Hall–Kier alpha value is -1.48. The molecule has 3 fully saturated rings. The fraction of sp³-hybridized carbons (Fsp3) is 0.714. The van der Waals surface area contributed by atoms with E-state index in [1.807, 2.05) is 12.1 Å². The van der Waals surface area contributed by atoms with Gasteiger partial charge in [-0.1, -0.05) is 34.6 Å². The van der Waals surface area contributed by atoms with Crippen molar-refractivity contribution in [3.8, 4) is 5.75 Å². The van der Waals surface area contributed by atoms with Crippen molar-refractivity contribution in [3.05, 3.63) is 30.0 Å². The molecule has 0 saturated heterocycles. The van der Waals surface area contributed by atoms with Crippen molar-refractivity contribution in [1.82, 2.24) is 4.98 Å². The zero-order valence-corrected chi connectivity index (χ0v) is 20.0. The smallest absolute Gasteiger partial charge is 0.117 e. The molecule has 1 aromatic heterocycles. The number of hydrogen-bond donors (Lipinski definition) is 3. The summed E-state index contributed by atoms with van der Waals surface area (Å²) in [5, 5.41) is 21.8. The molecule has 0 radical (unpaired) electrons. The van der Waals surface area contributed by atoms with Gasteiger partial charge < -0.3 is 15.2 Å². The topological polar surface area (TPSA) is 56.2 Å². The van der Waals surface area contributed by atoms with Gasteiger partial charge in [-0.25, -0.2) is 0 Å². The Kier molecular flexibility index (Phi) is 4.83. The number of H-pyrrole nitrogens is 1. The lowest BCUT2D eigenvalue weighted by Crippen LogP contribution is -2.61. The summed E-state index contributed by atoms with van der Waals surface area (Å²) < 4.78 is 0.